The molecule has 22 heavy (non-hydrogen) atoms. The summed E-state index contributed by atoms with van der Waals surface area (Å²) in [5.41, 5.74) is 2.31. The maximum atomic E-state index is 5.02. The van der Waals surface area contributed by atoms with Crippen LogP contribution in [0.1, 0.15) is 32.3 Å². The second-order valence-electron chi connectivity index (χ2n) is 5.09. The Labute approximate surface area is 134 Å². The number of benzene rings is 1. The van der Waals surface area contributed by atoms with E-state index in [1.807, 2.05) is 0 Å². The minimum Gasteiger partial charge on any atom is -0.383 e. The number of hydrogen-bond acceptors (Lipinski definition) is 3. The van der Waals surface area contributed by atoms with Crippen molar-refractivity contribution >= 4 is 11.6 Å². The van der Waals surface area contributed by atoms with Gasteiger partial charge in [-0.2, -0.15) is 0 Å². The third-order valence-electron chi connectivity index (χ3n) is 3.18. The molecular formula is C17H30N4O. The predicted molar refractivity (Wildman–Crippen MR) is 94.5 cm³/mol. The van der Waals surface area contributed by atoms with E-state index in [4.69, 9.17) is 4.74 Å². The highest BCUT2D eigenvalue weighted by Gasteiger charge is 1.98. The molecule has 0 heterocycles. The Kier molecular flexibility index (Phi) is 9.87. The van der Waals surface area contributed by atoms with E-state index in [0.717, 1.165) is 37.7 Å². The molecule has 0 bridgehead atoms. The highest BCUT2D eigenvalue weighted by atomic mass is 16.5. The molecule has 0 saturated heterocycles. The summed E-state index contributed by atoms with van der Waals surface area (Å²) < 4.78 is 5.02. The van der Waals surface area contributed by atoms with Gasteiger partial charge in [0.2, 0.25) is 0 Å². The molecule has 5 heteroatoms. The molecule has 0 atom stereocenters. The average Bonchev–Trinajstić information content (AvgIpc) is 2.54. The highest BCUT2D eigenvalue weighted by Crippen LogP contribution is 2.10. The van der Waals surface area contributed by atoms with Crippen molar-refractivity contribution in [3.8, 4) is 0 Å². The fraction of sp³-hybridized carbons (Fsp3) is 0.588. The predicted octanol–water partition coefficient (Wildman–Crippen LogP) is 2.60. The van der Waals surface area contributed by atoms with Gasteiger partial charge in [0.15, 0.2) is 5.96 Å². The maximum absolute atomic E-state index is 5.02. The van der Waals surface area contributed by atoms with E-state index in [9.17, 15) is 0 Å². The Morgan fingerprint density at radius 2 is 1.86 bits per heavy atom. The van der Waals surface area contributed by atoms with Gasteiger partial charge in [0, 0.05) is 32.4 Å². The topological polar surface area (TPSA) is 57.7 Å². The number of nitrogens with zero attached hydrogens (tertiary/aromatic N) is 1. The third-order valence-corrected chi connectivity index (χ3v) is 3.18. The van der Waals surface area contributed by atoms with E-state index in [0.29, 0.717) is 13.2 Å². The van der Waals surface area contributed by atoms with Crippen molar-refractivity contribution in [2.45, 2.75) is 33.2 Å². The van der Waals surface area contributed by atoms with E-state index in [1.165, 1.54) is 12.0 Å². The zero-order valence-corrected chi connectivity index (χ0v) is 14.1. The van der Waals surface area contributed by atoms with E-state index < -0.39 is 0 Å². The number of anilines is 1. The van der Waals surface area contributed by atoms with Crippen molar-refractivity contribution in [2.75, 3.05) is 38.7 Å². The molecule has 0 saturated carbocycles. The average molecular weight is 306 g/mol. The molecule has 5 nitrogen and oxygen atoms in total. The molecule has 0 unspecified atom stereocenters. The minimum atomic E-state index is 0.680. The summed E-state index contributed by atoms with van der Waals surface area (Å²) in [5, 5.41) is 9.93. The Morgan fingerprint density at radius 3 is 2.50 bits per heavy atom. The van der Waals surface area contributed by atoms with Crippen LogP contribution in [0.3, 0.4) is 0 Å². The Bertz CT molecular complexity index is 417. The second-order valence-corrected chi connectivity index (χ2v) is 5.09. The Balaban J connectivity index is 2.47. The molecule has 0 aliphatic rings. The first kappa shape index (κ1) is 18.3. The number of methoxy groups -OCH3 is 1. The Hall–Kier alpha value is -1.75. The van der Waals surface area contributed by atoms with E-state index in [2.05, 4.69) is 59.1 Å². The van der Waals surface area contributed by atoms with Crippen LogP contribution >= 0.6 is 0 Å². The fourth-order valence-electron chi connectivity index (χ4n) is 1.92. The summed E-state index contributed by atoms with van der Waals surface area (Å²) >= 11 is 0. The van der Waals surface area contributed by atoms with E-state index in [1.54, 1.807) is 7.11 Å². The summed E-state index contributed by atoms with van der Waals surface area (Å²) in [4.78, 5) is 4.61. The van der Waals surface area contributed by atoms with Crippen molar-refractivity contribution in [1.29, 1.82) is 0 Å². The van der Waals surface area contributed by atoms with Gasteiger partial charge in [0.25, 0.3) is 0 Å². The number of guanidine groups is 1. The number of rotatable bonds is 10. The van der Waals surface area contributed by atoms with Crippen molar-refractivity contribution in [3.63, 3.8) is 0 Å². The molecule has 3 N–H and O–H groups in total. The Morgan fingerprint density at radius 1 is 1.09 bits per heavy atom. The van der Waals surface area contributed by atoms with Crippen LogP contribution in [0.2, 0.25) is 0 Å². The number of aliphatic imine (C=N–C) groups is 1. The zero-order chi connectivity index (χ0) is 16.0. The molecule has 0 aliphatic carbocycles. The van der Waals surface area contributed by atoms with E-state index >= 15 is 0 Å². The van der Waals surface area contributed by atoms with Crippen LogP contribution in [0.4, 0.5) is 5.69 Å². The van der Waals surface area contributed by atoms with Crippen LogP contribution in [0.5, 0.6) is 0 Å². The third kappa shape index (κ3) is 7.88. The van der Waals surface area contributed by atoms with Crippen molar-refractivity contribution in [2.24, 2.45) is 4.99 Å². The summed E-state index contributed by atoms with van der Waals surface area (Å²) in [6, 6.07) is 8.37. The SMILES string of the molecule is CCCCNC(=NCc1ccc(NCCOC)cc1)NCC. The molecular weight excluding hydrogens is 276 g/mol. The molecule has 1 aromatic rings. The number of ether oxygens (including phenoxy) is 1. The lowest BCUT2D eigenvalue weighted by atomic mass is 10.2. The smallest absolute Gasteiger partial charge is 0.191 e. The normalized spacial score (nSPS) is 11.3. The number of nitrogens with one attached hydrogen (secondary N) is 3. The molecule has 0 fully saturated rings. The molecule has 0 aliphatic heterocycles. The second kappa shape index (κ2) is 11.9. The van der Waals surface area contributed by atoms with Gasteiger partial charge in [0.1, 0.15) is 0 Å². The van der Waals surface area contributed by atoms with Crippen LogP contribution < -0.4 is 16.0 Å². The van der Waals surface area contributed by atoms with Crippen LogP contribution in [-0.4, -0.2) is 39.3 Å². The van der Waals surface area contributed by atoms with Gasteiger partial charge in [-0.1, -0.05) is 25.5 Å². The van der Waals surface area contributed by atoms with Crippen LogP contribution in [0.15, 0.2) is 29.3 Å². The quantitative estimate of drug-likeness (QED) is 0.353. The maximum Gasteiger partial charge on any atom is 0.191 e. The lowest BCUT2D eigenvalue weighted by Gasteiger charge is -2.11. The summed E-state index contributed by atoms with van der Waals surface area (Å²) in [6.45, 7) is 8.32. The van der Waals surface area contributed by atoms with Crippen molar-refractivity contribution in [3.05, 3.63) is 29.8 Å². The van der Waals surface area contributed by atoms with E-state index in [-0.39, 0.29) is 0 Å². The molecule has 0 aromatic heterocycles. The van der Waals surface area contributed by atoms with Crippen molar-refractivity contribution < 1.29 is 4.74 Å². The van der Waals surface area contributed by atoms with Crippen LogP contribution in [0.25, 0.3) is 0 Å². The lowest BCUT2D eigenvalue weighted by molar-refractivity contribution is 0.211. The monoisotopic (exact) mass is 306 g/mol. The standard InChI is InChI=1S/C17H30N4O/c1-4-6-11-20-17(18-5-2)21-14-15-7-9-16(10-8-15)19-12-13-22-3/h7-10,19H,4-6,11-14H2,1-3H3,(H2,18,20,21). The van der Waals surface area contributed by atoms with Gasteiger partial charge < -0.3 is 20.7 Å². The van der Waals surface area contributed by atoms with Crippen LogP contribution in [-0.2, 0) is 11.3 Å². The minimum absolute atomic E-state index is 0.680. The number of unbranched alkanes of at least 4 members (excludes halogenated alkanes) is 1. The van der Waals surface area contributed by atoms with Gasteiger partial charge in [-0.3, -0.25) is 0 Å². The zero-order valence-electron chi connectivity index (χ0n) is 14.1. The molecule has 1 aromatic carbocycles. The van der Waals surface area contributed by atoms with Crippen LogP contribution in [0, 0.1) is 0 Å². The molecule has 124 valence electrons. The van der Waals surface area contributed by atoms with Gasteiger partial charge >= 0.3 is 0 Å². The largest absolute Gasteiger partial charge is 0.383 e. The van der Waals surface area contributed by atoms with Gasteiger partial charge in [-0.15, -0.1) is 0 Å². The summed E-state index contributed by atoms with van der Waals surface area (Å²) in [7, 11) is 1.71. The van der Waals surface area contributed by atoms with Gasteiger partial charge in [0.05, 0.1) is 13.2 Å². The first-order chi connectivity index (χ1) is 10.8. The fourth-order valence-corrected chi connectivity index (χ4v) is 1.92. The molecule has 0 spiro atoms. The lowest BCUT2D eigenvalue weighted by Crippen LogP contribution is -2.37. The number of hydrogen-bond donors (Lipinski definition) is 3. The van der Waals surface area contributed by atoms with Gasteiger partial charge in [-0.25, -0.2) is 4.99 Å². The highest BCUT2D eigenvalue weighted by molar-refractivity contribution is 5.79. The molecule has 0 amide bonds. The van der Waals surface area contributed by atoms with Crippen molar-refractivity contribution in [1.82, 2.24) is 10.6 Å². The van der Waals surface area contributed by atoms with Gasteiger partial charge in [-0.05, 0) is 31.0 Å². The molecule has 1 rings (SSSR count). The molecule has 0 radical (unpaired) electrons. The summed E-state index contributed by atoms with van der Waals surface area (Å²) in [6.07, 6.45) is 2.34. The summed E-state index contributed by atoms with van der Waals surface area (Å²) in [5.74, 6) is 0.887. The first-order valence-electron chi connectivity index (χ1n) is 8.14. The first-order valence-corrected chi connectivity index (χ1v) is 8.14.